The fourth-order valence-electron chi connectivity index (χ4n) is 1.44. The van der Waals surface area contributed by atoms with E-state index in [9.17, 15) is 0 Å². The Morgan fingerprint density at radius 1 is 1.27 bits per heavy atom. The fourth-order valence-corrected chi connectivity index (χ4v) is 1.84. The van der Waals surface area contributed by atoms with Crippen molar-refractivity contribution >= 4 is 21.6 Å². The van der Waals surface area contributed by atoms with E-state index in [-0.39, 0.29) is 6.04 Å². The van der Waals surface area contributed by atoms with Crippen molar-refractivity contribution in [3.63, 3.8) is 0 Å². The first kappa shape index (κ1) is 10.3. The van der Waals surface area contributed by atoms with Crippen LogP contribution < -0.4 is 5.32 Å². The van der Waals surface area contributed by atoms with Crippen LogP contribution in [0.15, 0.2) is 51.6 Å². The molecule has 2 rings (SSSR count). The molecule has 0 radical (unpaired) electrons. The normalized spacial score (nSPS) is 12.4. The number of anilines is 1. The second-order valence-electron chi connectivity index (χ2n) is 3.39. The number of nitrogens with one attached hydrogen (secondary N) is 1. The van der Waals surface area contributed by atoms with Crippen molar-refractivity contribution in [1.29, 1.82) is 0 Å². The lowest BCUT2D eigenvalue weighted by Crippen LogP contribution is -2.05. The molecule has 15 heavy (non-hydrogen) atoms. The van der Waals surface area contributed by atoms with E-state index in [1.807, 2.05) is 36.4 Å². The third kappa shape index (κ3) is 2.63. The van der Waals surface area contributed by atoms with Gasteiger partial charge in [-0.15, -0.1) is 0 Å². The van der Waals surface area contributed by atoms with Crippen molar-refractivity contribution in [2.24, 2.45) is 0 Å². The molecule has 1 heterocycles. The topological polar surface area (TPSA) is 25.2 Å². The maximum atomic E-state index is 5.32. The molecule has 0 saturated heterocycles. The standard InChI is InChI=1S/C12H12BrNO/c1-9(12-6-3-7-15-12)14-11-5-2-4-10(13)8-11/h2-9,14H,1H3. The Morgan fingerprint density at radius 3 is 2.80 bits per heavy atom. The SMILES string of the molecule is CC(Nc1cccc(Br)c1)c1ccco1. The summed E-state index contributed by atoms with van der Waals surface area (Å²) in [5.74, 6) is 0.940. The van der Waals surface area contributed by atoms with Gasteiger partial charge in [-0.3, -0.25) is 0 Å². The number of furan rings is 1. The molecule has 0 fully saturated rings. The maximum Gasteiger partial charge on any atom is 0.125 e. The summed E-state index contributed by atoms with van der Waals surface area (Å²) < 4.78 is 6.39. The molecule has 0 aliphatic rings. The molecular weight excluding hydrogens is 254 g/mol. The van der Waals surface area contributed by atoms with Crippen LogP contribution in [0.25, 0.3) is 0 Å². The average Bonchev–Trinajstić information content (AvgIpc) is 2.70. The van der Waals surface area contributed by atoms with E-state index < -0.39 is 0 Å². The molecule has 0 amide bonds. The van der Waals surface area contributed by atoms with Gasteiger partial charge in [0.2, 0.25) is 0 Å². The van der Waals surface area contributed by atoms with E-state index >= 15 is 0 Å². The van der Waals surface area contributed by atoms with Gasteiger partial charge in [0.25, 0.3) is 0 Å². The Hall–Kier alpha value is -1.22. The molecule has 1 unspecified atom stereocenters. The minimum atomic E-state index is 0.175. The highest BCUT2D eigenvalue weighted by Crippen LogP contribution is 2.21. The number of benzene rings is 1. The molecular formula is C12H12BrNO. The van der Waals surface area contributed by atoms with Gasteiger partial charge in [0.1, 0.15) is 5.76 Å². The van der Waals surface area contributed by atoms with Gasteiger partial charge in [-0.05, 0) is 37.3 Å². The first-order valence-corrected chi connectivity index (χ1v) is 5.60. The highest BCUT2D eigenvalue weighted by Gasteiger charge is 2.07. The van der Waals surface area contributed by atoms with Gasteiger partial charge in [-0.25, -0.2) is 0 Å². The number of hydrogen-bond acceptors (Lipinski definition) is 2. The lowest BCUT2D eigenvalue weighted by atomic mass is 10.2. The fraction of sp³-hybridized carbons (Fsp3) is 0.167. The monoisotopic (exact) mass is 265 g/mol. The Bertz CT molecular complexity index is 425. The molecule has 1 aromatic heterocycles. The van der Waals surface area contributed by atoms with Crippen molar-refractivity contribution in [1.82, 2.24) is 0 Å². The van der Waals surface area contributed by atoms with Crippen molar-refractivity contribution < 1.29 is 4.42 Å². The van der Waals surface area contributed by atoms with Gasteiger partial charge in [0.05, 0.1) is 12.3 Å². The van der Waals surface area contributed by atoms with Gasteiger partial charge in [0, 0.05) is 10.2 Å². The van der Waals surface area contributed by atoms with Crippen molar-refractivity contribution in [3.05, 3.63) is 52.9 Å². The number of rotatable bonds is 3. The molecule has 2 aromatic rings. The quantitative estimate of drug-likeness (QED) is 0.899. The van der Waals surface area contributed by atoms with Crippen molar-refractivity contribution in [3.8, 4) is 0 Å². The predicted molar refractivity (Wildman–Crippen MR) is 64.9 cm³/mol. The minimum absolute atomic E-state index is 0.175. The first-order valence-electron chi connectivity index (χ1n) is 4.81. The summed E-state index contributed by atoms with van der Waals surface area (Å²) in [6, 6.07) is 12.1. The number of halogens is 1. The Balaban J connectivity index is 2.09. The third-order valence-corrected chi connectivity index (χ3v) is 2.67. The van der Waals surface area contributed by atoms with Crippen LogP contribution in [-0.4, -0.2) is 0 Å². The molecule has 78 valence electrons. The third-order valence-electron chi connectivity index (χ3n) is 2.18. The van der Waals surface area contributed by atoms with E-state index in [1.54, 1.807) is 6.26 Å². The summed E-state index contributed by atoms with van der Waals surface area (Å²) in [7, 11) is 0. The van der Waals surface area contributed by atoms with E-state index in [0.717, 1.165) is 15.9 Å². The predicted octanol–water partition coefficient (Wildman–Crippen LogP) is 4.22. The van der Waals surface area contributed by atoms with Crippen LogP contribution in [0.3, 0.4) is 0 Å². The van der Waals surface area contributed by atoms with Crippen LogP contribution in [0.2, 0.25) is 0 Å². The Labute approximate surface area is 97.4 Å². The molecule has 1 N–H and O–H groups in total. The largest absolute Gasteiger partial charge is 0.467 e. The zero-order valence-corrected chi connectivity index (χ0v) is 9.99. The second-order valence-corrected chi connectivity index (χ2v) is 4.31. The molecule has 0 aliphatic heterocycles. The van der Waals surface area contributed by atoms with Crippen LogP contribution in [0, 0.1) is 0 Å². The zero-order chi connectivity index (χ0) is 10.7. The summed E-state index contributed by atoms with van der Waals surface area (Å²) >= 11 is 3.44. The van der Waals surface area contributed by atoms with Gasteiger partial charge < -0.3 is 9.73 Å². The van der Waals surface area contributed by atoms with E-state index in [0.29, 0.717) is 0 Å². The van der Waals surface area contributed by atoms with Crippen molar-refractivity contribution in [2.75, 3.05) is 5.32 Å². The highest BCUT2D eigenvalue weighted by atomic mass is 79.9. The lowest BCUT2D eigenvalue weighted by molar-refractivity contribution is 0.490. The lowest BCUT2D eigenvalue weighted by Gasteiger charge is -2.12. The molecule has 2 nitrogen and oxygen atoms in total. The average molecular weight is 266 g/mol. The summed E-state index contributed by atoms with van der Waals surface area (Å²) in [4.78, 5) is 0. The second kappa shape index (κ2) is 4.53. The van der Waals surface area contributed by atoms with E-state index in [1.165, 1.54) is 0 Å². The smallest absolute Gasteiger partial charge is 0.125 e. The van der Waals surface area contributed by atoms with Crippen LogP contribution in [0.1, 0.15) is 18.7 Å². The Kier molecular flexibility index (Phi) is 3.11. The van der Waals surface area contributed by atoms with Crippen molar-refractivity contribution in [2.45, 2.75) is 13.0 Å². The summed E-state index contributed by atoms with van der Waals surface area (Å²) in [5, 5.41) is 3.36. The summed E-state index contributed by atoms with van der Waals surface area (Å²) in [6.45, 7) is 2.07. The molecule has 0 saturated carbocycles. The van der Waals surface area contributed by atoms with Crippen LogP contribution in [0.5, 0.6) is 0 Å². The van der Waals surface area contributed by atoms with E-state index in [2.05, 4.69) is 28.2 Å². The van der Waals surface area contributed by atoms with E-state index in [4.69, 9.17) is 4.42 Å². The summed E-state index contributed by atoms with van der Waals surface area (Å²) in [6.07, 6.45) is 1.69. The van der Waals surface area contributed by atoms with Gasteiger partial charge >= 0.3 is 0 Å². The van der Waals surface area contributed by atoms with Crippen LogP contribution >= 0.6 is 15.9 Å². The zero-order valence-electron chi connectivity index (χ0n) is 8.41. The molecule has 0 spiro atoms. The van der Waals surface area contributed by atoms with Gasteiger partial charge in [-0.1, -0.05) is 22.0 Å². The van der Waals surface area contributed by atoms with Gasteiger partial charge in [-0.2, -0.15) is 0 Å². The Morgan fingerprint density at radius 2 is 2.13 bits per heavy atom. The number of hydrogen-bond donors (Lipinski definition) is 1. The minimum Gasteiger partial charge on any atom is -0.467 e. The molecule has 1 atom stereocenters. The highest BCUT2D eigenvalue weighted by molar-refractivity contribution is 9.10. The van der Waals surface area contributed by atoms with Crippen LogP contribution in [0.4, 0.5) is 5.69 Å². The summed E-state index contributed by atoms with van der Waals surface area (Å²) in [5.41, 5.74) is 1.08. The first-order chi connectivity index (χ1) is 7.25. The molecule has 1 aromatic carbocycles. The van der Waals surface area contributed by atoms with Gasteiger partial charge in [0.15, 0.2) is 0 Å². The molecule has 0 bridgehead atoms. The maximum absolute atomic E-state index is 5.32. The van der Waals surface area contributed by atoms with Crippen LogP contribution in [-0.2, 0) is 0 Å². The molecule has 3 heteroatoms. The molecule has 0 aliphatic carbocycles.